The van der Waals surface area contributed by atoms with E-state index >= 15 is 0 Å². The first kappa shape index (κ1) is 15.1. The Bertz CT molecular complexity index is 836. The predicted molar refractivity (Wildman–Crippen MR) is 96.1 cm³/mol. The van der Waals surface area contributed by atoms with Crippen molar-refractivity contribution < 1.29 is 4.74 Å². The van der Waals surface area contributed by atoms with Crippen LogP contribution in [-0.2, 0) is 4.74 Å². The number of hydrogen-bond acceptors (Lipinski definition) is 4. The molecule has 0 bridgehead atoms. The number of aryl methyl sites for hydroxylation is 1. The quantitative estimate of drug-likeness (QED) is 0.767. The molecule has 1 saturated heterocycles. The van der Waals surface area contributed by atoms with Gasteiger partial charge in [0.25, 0.3) is 0 Å². The molecule has 5 nitrogen and oxygen atoms in total. The fourth-order valence-electron chi connectivity index (χ4n) is 3.21. The average Bonchev–Trinajstić information content (AvgIpc) is 3.04. The Labute approximate surface area is 141 Å². The summed E-state index contributed by atoms with van der Waals surface area (Å²) in [6.07, 6.45) is 4.07. The number of rotatable bonds is 4. The van der Waals surface area contributed by atoms with Gasteiger partial charge in [-0.3, -0.25) is 0 Å². The van der Waals surface area contributed by atoms with Crippen LogP contribution in [0.15, 0.2) is 36.5 Å². The van der Waals surface area contributed by atoms with Crippen molar-refractivity contribution in [1.82, 2.24) is 15.0 Å². The van der Waals surface area contributed by atoms with Crippen LogP contribution in [0.25, 0.3) is 22.3 Å². The van der Waals surface area contributed by atoms with Gasteiger partial charge in [0.15, 0.2) is 0 Å². The van der Waals surface area contributed by atoms with Crippen LogP contribution in [0.5, 0.6) is 0 Å². The molecule has 1 aromatic carbocycles. The topological polar surface area (TPSA) is 62.8 Å². The summed E-state index contributed by atoms with van der Waals surface area (Å²) in [6.45, 7) is 4.75. The van der Waals surface area contributed by atoms with E-state index in [4.69, 9.17) is 4.74 Å². The minimum absolute atomic E-state index is 0.645. The first-order chi connectivity index (χ1) is 11.8. The molecule has 2 N–H and O–H groups in total. The highest BCUT2D eigenvalue weighted by Crippen LogP contribution is 2.26. The SMILES string of the molecule is Cc1ccccc1-c1cc2nc(NCC3CCOCC3)ncc2[nH]1. The molecule has 4 rings (SSSR count). The van der Waals surface area contributed by atoms with Crippen molar-refractivity contribution in [2.45, 2.75) is 19.8 Å². The van der Waals surface area contributed by atoms with Gasteiger partial charge in [0.2, 0.25) is 5.95 Å². The lowest BCUT2D eigenvalue weighted by Crippen LogP contribution is -2.23. The molecule has 5 heteroatoms. The molecule has 0 amide bonds. The van der Waals surface area contributed by atoms with Gasteiger partial charge in [-0.1, -0.05) is 24.3 Å². The van der Waals surface area contributed by atoms with Crippen LogP contribution in [-0.4, -0.2) is 34.7 Å². The van der Waals surface area contributed by atoms with Crippen LogP contribution >= 0.6 is 0 Å². The normalized spacial score (nSPS) is 15.7. The van der Waals surface area contributed by atoms with Crippen molar-refractivity contribution >= 4 is 17.0 Å². The van der Waals surface area contributed by atoms with E-state index in [-0.39, 0.29) is 0 Å². The van der Waals surface area contributed by atoms with Gasteiger partial charge in [0, 0.05) is 31.0 Å². The van der Waals surface area contributed by atoms with Crippen molar-refractivity contribution in [3.8, 4) is 11.3 Å². The van der Waals surface area contributed by atoms with E-state index in [0.29, 0.717) is 11.9 Å². The average molecular weight is 322 g/mol. The van der Waals surface area contributed by atoms with Gasteiger partial charge < -0.3 is 15.0 Å². The van der Waals surface area contributed by atoms with Crippen molar-refractivity contribution in [1.29, 1.82) is 0 Å². The number of H-pyrrole nitrogens is 1. The third kappa shape index (κ3) is 3.12. The Balaban J connectivity index is 1.54. The molecule has 3 aromatic rings. The summed E-state index contributed by atoms with van der Waals surface area (Å²) >= 11 is 0. The first-order valence-corrected chi connectivity index (χ1v) is 8.53. The van der Waals surface area contributed by atoms with Crippen molar-refractivity contribution in [3.63, 3.8) is 0 Å². The number of ether oxygens (including phenoxy) is 1. The molecule has 1 aliphatic rings. The summed E-state index contributed by atoms with van der Waals surface area (Å²) in [5.41, 5.74) is 5.43. The number of nitrogens with zero attached hydrogens (tertiary/aromatic N) is 2. The lowest BCUT2D eigenvalue weighted by molar-refractivity contribution is 0.0699. The van der Waals surface area contributed by atoms with Crippen molar-refractivity contribution in [2.75, 3.05) is 25.1 Å². The summed E-state index contributed by atoms with van der Waals surface area (Å²) in [7, 11) is 0. The molecule has 0 saturated carbocycles. The van der Waals surface area contributed by atoms with Crippen LogP contribution in [0.3, 0.4) is 0 Å². The zero-order chi connectivity index (χ0) is 16.4. The Morgan fingerprint density at radius 2 is 2.08 bits per heavy atom. The Hall–Kier alpha value is -2.40. The fourth-order valence-corrected chi connectivity index (χ4v) is 3.21. The number of hydrogen-bond donors (Lipinski definition) is 2. The monoisotopic (exact) mass is 322 g/mol. The van der Waals surface area contributed by atoms with Crippen LogP contribution < -0.4 is 5.32 Å². The fraction of sp³-hybridized carbons (Fsp3) is 0.368. The molecule has 0 radical (unpaired) electrons. The Morgan fingerprint density at radius 1 is 1.25 bits per heavy atom. The van der Waals surface area contributed by atoms with Gasteiger partial charge in [-0.25, -0.2) is 9.97 Å². The third-order valence-corrected chi connectivity index (χ3v) is 4.69. The van der Waals surface area contributed by atoms with E-state index in [1.54, 1.807) is 0 Å². The Morgan fingerprint density at radius 3 is 2.92 bits per heavy atom. The van der Waals surface area contributed by atoms with Gasteiger partial charge in [0.1, 0.15) is 0 Å². The molecule has 3 heterocycles. The molecule has 0 atom stereocenters. The van der Waals surface area contributed by atoms with Gasteiger partial charge in [0.05, 0.1) is 17.2 Å². The second kappa shape index (κ2) is 6.61. The lowest BCUT2D eigenvalue weighted by Gasteiger charge is -2.22. The Kier molecular flexibility index (Phi) is 4.17. The zero-order valence-corrected chi connectivity index (χ0v) is 13.9. The minimum Gasteiger partial charge on any atom is -0.381 e. The van der Waals surface area contributed by atoms with Gasteiger partial charge in [-0.2, -0.15) is 0 Å². The predicted octanol–water partition coefficient (Wildman–Crippen LogP) is 3.77. The molecule has 2 aromatic heterocycles. The second-order valence-corrected chi connectivity index (χ2v) is 6.43. The van der Waals surface area contributed by atoms with E-state index in [9.17, 15) is 0 Å². The lowest BCUT2D eigenvalue weighted by atomic mass is 10.0. The largest absolute Gasteiger partial charge is 0.381 e. The molecule has 0 aliphatic carbocycles. The van der Waals surface area contributed by atoms with Gasteiger partial charge in [-0.05, 0) is 37.3 Å². The molecule has 124 valence electrons. The molecule has 1 fully saturated rings. The van der Waals surface area contributed by atoms with Crippen LogP contribution in [0.1, 0.15) is 18.4 Å². The number of anilines is 1. The maximum absolute atomic E-state index is 5.40. The maximum atomic E-state index is 5.40. The van der Waals surface area contributed by atoms with Crippen LogP contribution in [0.2, 0.25) is 0 Å². The highest BCUT2D eigenvalue weighted by atomic mass is 16.5. The summed E-state index contributed by atoms with van der Waals surface area (Å²) in [5.74, 6) is 1.34. The summed E-state index contributed by atoms with van der Waals surface area (Å²) in [4.78, 5) is 12.5. The molecular weight excluding hydrogens is 300 g/mol. The summed E-state index contributed by atoms with van der Waals surface area (Å²) in [5, 5.41) is 3.38. The van der Waals surface area contributed by atoms with Crippen LogP contribution in [0, 0.1) is 12.8 Å². The molecule has 1 aliphatic heterocycles. The van der Waals surface area contributed by atoms with Gasteiger partial charge >= 0.3 is 0 Å². The molecule has 0 spiro atoms. The third-order valence-electron chi connectivity index (χ3n) is 4.69. The van der Waals surface area contributed by atoms with E-state index in [1.165, 1.54) is 11.1 Å². The number of aromatic nitrogens is 3. The van der Waals surface area contributed by atoms with E-state index < -0.39 is 0 Å². The maximum Gasteiger partial charge on any atom is 0.223 e. The van der Waals surface area contributed by atoms with Crippen LogP contribution in [0.4, 0.5) is 5.95 Å². The standard InChI is InChI=1S/C19H22N4O/c1-13-4-2-3-5-15(13)16-10-17-18(22-16)12-21-19(23-17)20-11-14-6-8-24-9-7-14/h2-5,10,12,14,22H,6-9,11H2,1H3,(H,20,21,23). The van der Waals surface area contributed by atoms with E-state index in [0.717, 1.165) is 49.3 Å². The number of aromatic amines is 1. The molecular formula is C19H22N4O. The van der Waals surface area contributed by atoms with Crippen molar-refractivity contribution in [3.05, 3.63) is 42.1 Å². The number of benzene rings is 1. The summed E-state index contributed by atoms with van der Waals surface area (Å²) < 4.78 is 5.40. The first-order valence-electron chi connectivity index (χ1n) is 8.53. The smallest absolute Gasteiger partial charge is 0.223 e. The highest BCUT2D eigenvalue weighted by Gasteiger charge is 2.14. The number of fused-ring (bicyclic) bond motifs is 1. The van der Waals surface area contributed by atoms with Crippen molar-refractivity contribution in [2.24, 2.45) is 5.92 Å². The highest BCUT2D eigenvalue weighted by molar-refractivity contribution is 5.83. The second-order valence-electron chi connectivity index (χ2n) is 6.43. The minimum atomic E-state index is 0.645. The van der Waals surface area contributed by atoms with E-state index in [1.807, 2.05) is 6.20 Å². The molecule has 0 unspecified atom stereocenters. The zero-order valence-electron chi connectivity index (χ0n) is 13.9. The van der Waals surface area contributed by atoms with Gasteiger partial charge in [-0.15, -0.1) is 0 Å². The molecule has 24 heavy (non-hydrogen) atoms. The van der Waals surface area contributed by atoms with E-state index in [2.05, 4.69) is 57.5 Å². The summed E-state index contributed by atoms with van der Waals surface area (Å²) in [6, 6.07) is 10.4. The number of nitrogens with one attached hydrogen (secondary N) is 2.